The first-order valence-corrected chi connectivity index (χ1v) is 8.97. The second-order valence-electron chi connectivity index (χ2n) is 6.98. The summed E-state index contributed by atoms with van der Waals surface area (Å²) in [6, 6.07) is 8.95. The van der Waals surface area contributed by atoms with Crippen LogP contribution >= 0.6 is 0 Å². The van der Waals surface area contributed by atoms with Gasteiger partial charge < -0.3 is 4.74 Å². The van der Waals surface area contributed by atoms with Gasteiger partial charge in [0.15, 0.2) is 6.61 Å². The van der Waals surface area contributed by atoms with E-state index in [0.717, 1.165) is 21.6 Å². The molecule has 6 heteroatoms. The molecule has 6 nitrogen and oxygen atoms in total. The number of ether oxygens (including phenoxy) is 1. The summed E-state index contributed by atoms with van der Waals surface area (Å²) in [4.78, 5) is 50.6. The van der Waals surface area contributed by atoms with Crippen molar-refractivity contribution in [2.75, 3.05) is 6.61 Å². The molecule has 0 aliphatic carbocycles. The zero-order chi connectivity index (χ0) is 20.6. The zero-order valence-electron chi connectivity index (χ0n) is 16.2. The van der Waals surface area contributed by atoms with Crippen LogP contribution < -0.4 is 0 Å². The number of benzene rings is 2. The van der Waals surface area contributed by atoms with Crippen molar-refractivity contribution in [1.29, 1.82) is 0 Å². The number of hydrogen-bond acceptors (Lipinski definition) is 5. The van der Waals surface area contributed by atoms with Crippen molar-refractivity contribution < 1.29 is 23.9 Å². The van der Waals surface area contributed by atoms with Gasteiger partial charge in [-0.3, -0.25) is 19.3 Å². The highest BCUT2D eigenvalue weighted by Gasteiger charge is 2.41. The molecule has 0 saturated heterocycles. The highest BCUT2D eigenvalue weighted by atomic mass is 16.5. The standard InChI is InChI=1S/C22H21NO5/c1-12-9-14(3)18(10-13(12)2)19(24)11-28-22(27)15(4)23-20(25)16-7-5-6-8-17(16)21(23)26/h5-10,15H,11H2,1-4H3. The molecule has 0 bridgehead atoms. The van der Waals surface area contributed by atoms with Gasteiger partial charge in [-0.2, -0.15) is 0 Å². The molecule has 0 radical (unpaired) electrons. The molecule has 0 fully saturated rings. The molecule has 2 aromatic rings. The first kappa shape index (κ1) is 19.5. The Kier molecular flexibility index (Phi) is 5.14. The Morgan fingerprint density at radius 1 is 0.929 bits per heavy atom. The SMILES string of the molecule is Cc1cc(C)c(C(=O)COC(=O)C(C)N2C(=O)c3ccccc3C2=O)cc1C. The van der Waals surface area contributed by atoms with Gasteiger partial charge in [0.05, 0.1) is 11.1 Å². The fourth-order valence-corrected chi connectivity index (χ4v) is 3.26. The molecule has 0 N–H and O–H groups in total. The van der Waals surface area contributed by atoms with E-state index >= 15 is 0 Å². The number of Topliss-reactive ketones (excluding diaryl/α,β-unsaturated/α-hetero) is 1. The molecule has 1 atom stereocenters. The van der Waals surface area contributed by atoms with E-state index in [4.69, 9.17) is 4.74 Å². The van der Waals surface area contributed by atoms with Gasteiger partial charge in [-0.25, -0.2) is 4.79 Å². The Morgan fingerprint density at radius 2 is 1.46 bits per heavy atom. The van der Waals surface area contributed by atoms with Crippen LogP contribution in [0.15, 0.2) is 36.4 Å². The van der Waals surface area contributed by atoms with Crippen LogP contribution in [0.25, 0.3) is 0 Å². The fraction of sp³-hybridized carbons (Fsp3) is 0.273. The predicted molar refractivity (Wildman–Crippen MR) is 102 cm³/mol. The number of aryl methyl sites for hydroxylation is 3. The Bertz CT molecular complexity index is 973. The van der Waals surface area contributed by atoms with Gasteiger partial charge in [0.25, 0.3) is 11.8 Å². The summed E-state index contributed by atoms with van der Waals surface area (Å²) in [5.41, 5.74) is 3.86. The van der Waals surface area contributed by atoms with Crippen LogP contribution in [0.4, 0.5) is 0 Å². The van der Waals surface area contributed by atoms with Crippen LogP contribution in [0.2, 0.25) is 0 Å². The van der Waals surface area contributed by atoms with E-state index in [1.54, 1.807) is 30.3 Å². The van der Waals surface area contributed by atoms with Crippen LogP contribution in [0.3, 0.4) is 0 Å². The Morgan fingerprint density at radius 3 is 2.04 bits per heavy atom. The number of esters is 1. The summed E-state index contributed by atoms with van der Waals surface area (Å²) in [6.07, 6.45) is 0. The van der Waals surface area contributed by atoms with Crippen molar-refractivity contribution in [1.82, 2.24) is 4.90 Å². The lowest BCUT2D eigenvalue weighted by molar-refractivity contribution is -0.146. The van der Waals surface area contributed by atoms with E-state index in [-0.39, 0.29) is 16.9 Å². The Hall–Kier alpha value is -3.28. The summed E-state index contributed by atoms with van der Waals surface area (Å²) in [5.74, 6) is -2.21. The van der Waals surface area contributed by atoms with E-state index in [2.05, 4.69) is 0 Å². The molecule has 2 amide bonds. The van der Waals surface area contributed by atoms with E-state index in [1.165, 1.54) is 6.92 Å². The lowest BCUT2D eigenvalue weighted by Gasteiger charge is -2.20. The minimum atomic E-state index is -1.12. The average molecular weight is 379 g/mol. The Balaban J connectivity index is 1.69. The molecular weight excluding hydrogens is 358 g/mol. The van der Waals surface area contributed by atoms with Gasteiger partial charge >= 0.3 is 5.97 Å². The summed E-state index contributed by atoms with van der Waals surface area (Å²) in [6.45, 7) is 6.65. The van der Waals surface area contributed by atoms with Crippen LogP contribution in [-0.4, -0.2) is 41.1 Å². The van der Waals surface area contributed by atoms with E-state index < -0.39 is 30.4 Å². The molecule has 0 spiro atoms. The first-order chi connectivity index (χ1) is 13.2. The second kappa shape index (κ2) is 7.38. The number of carbonyl (C=O) groups is 4. The lowest BCUT2D eigenvalue weighted by Crippen LogP contribution is -2.44. The van der Waals surface area contributed by atoms with Gasteiger partial charge in [0.2, 0.25) is 5.78 Å². The van der Waals surface area contributed by atoms with Gasteiger partial charge in [-0.1, -0.05) is 18.2 Å². The van der Waals surface area contributed by atoms with Gasteiger partial charge in [0.1, 0.15) is 6.04 Å². The number of hydrogen-bond donors (Lipinski definition) is 0. The van der Waals surface area contributed by atoms with Crippen molar-refractivity contribution in [3.8, 4) is 0 Å². The first-order valence-electron chi connectivity index (χ1n) is 8.97. The summed E-state index contributed by atoms with van der Waals surface area (Å²) >= 11 is 0. The van der Waals surface area contributed by atoms with Crippen molar-refractivity contribution in [2.45, 2.75) is 33.7 Å². The maximum Gasteiger partial charge on any atom is 0.329 e. The quantitative estimate of drug-likeness (QED) is 0.453. The van der Waals surface area contributed by atoms with Crippen molar-refractivity contribution >= 4 is 23.6 Å². The van der Waals surface area contributed by atoms with Crippen molar-refractivity contribution in [2.24, 2.45) is 0 Å². The molecule has 1 unspecified atom stereocenters. The van der Waals surface area contributed by atoms with Crippen molar-refractivity contribution in [3.05, 3.63) is 69.8 Å². The molecule has 1 aliphatic heterocycles. The highest BCUT2D eigenvalue weighted by Crippen LogP contribution is 2.25. The molecule has 0 saturated carbocycles. The molecule has 144 valence electrons. The van der Waals surface area contributed by atoms with Gasteiger partial charge in [0, 0.05) is 5.56 Å². The lowest BCUT2D eigenvalue weighted by atomic mass is 9.98. The average Bonchev–Trinajstić information content (AvgIpc) is 2.92. The number of rotatable bonds is 5. The molecule has 28 heavy (non-hydrogen) atoms. The zero-order valence-corrected chi connectivity index (χ0v) is 16.2. The molecule has 1 aliphatic rings. The highest BCUT2D eigenvalue weighted by molar-refractivity contribution is 6.22. The van der Waals surface area contributed by atoms with Crippen LogP contribution in [0.1, 0.15) is 54.7 Å². The van der Waals surface area contributed by atoms with Crippen molar-refractivity contribution in [3.63, 3.8) is 0 Å². The maximum atomic E-state index is 12.5. The monoisotopic (exact) mass is 379 g/mol. The normalized spacial score (nSPS) is 14.1. The third-order valence-corrected chi connectivity index (χ3v) is 5.04. The smallest absolute Gasteiger partial charge is 0.329 e. The minimum Gasteiger partial charge on any atom is -0.456 e. The number of nitrogens with zero attached hydrogens (tertiary/aromatic N) is 1. The van der Waals surface area contributed by atoms with Crippen LogP contribution in [0.5, 0.6) is 0 Å². The maximum absolute atomic E-state index is 12.5. The summed E-state index contributed by atoms with van der Waals surface area (Å²) in [7, 11) is 0. The third-order valence-electron chi connectivity index (χ3n) is 5.04. The largest absolute Gasteiger partial charge is 0.456 e. The number of ketones is 1. The molecule has 3 rings (SSSR count). The molecule has 2 aromatic carbocycles. The topological polar surface area (TPSA) is 80.8 Å². The van der Waals surface area contributed by atoms with E-state index in [9.17, 15) is 19.2 Å². The summed E-state index contributed by atoms with van der Waals surface area (Å²) in [5, 5.41) is 0. The fourth-order valence-electron chi connectivity index (χ4n) is 3.26. The molecule has 0 aromatic heterocycles. The Labute approximate surface area is 163 Å². The summed E-state index contributed by atoms with van der Waals surface area (Å²) < 4.78 is 5.12. The number of imide groups is 1. The van der Waals surface area contributed by atoms with Crippen LogP contribution in [0, 0.1) is 20.8 Å². The van der Waals surface area contributed by atoms with E-state index in [1.807, 2.05) is 26.8 Å². The second-order valence-corrected chi connectivity index (χ2v) is 6.98. The molecule has 1 heterocycles. The molecular formula is C22H21NO5. The minimum absolute atomic E-state index is 0.258. The predicted octanol–water partition coefficient (Wildman–Crippen LogP) is 3.02. The number of carbonyl (C=O) groups excluding carboxylic acids is 4. The number of fused-ring (bicyclic) bond motifs is 1. The number of amides is 2. The van der Waals surface area contributed by atoms with Crippen LogP contribution in [-0.2, 0) is 9.53 Å². The van der Waals surface area contributed by atoms with Gasteiger partial charge in [-0.15, -0.1) is 0 Å². The third kappa shape index (κ3) is 3.33. The van der Waals surface area contributed by atoms with E-state index in [0.29, 0.717) is 5.56 Å². The van der Waals surface area contributed by atoms with Gasteiger partial charge in [-0.05, 0) is 62.6 Å².